The first-order chi connectivity index (χ1) is 33.9. The summed E-state index contributed by atoms with van der Waals surface area (Å²) in [6, 6.07) is 83.3. The van der Waals surface area contributed by atoms with E-state index in [-0.39, 0.29) is 0 Å². The zero-order valence-corrected chi connectivity index (χ0v) is 38.7. The third-order valence-corrected chi connectivity index (χ3v) is 13.4. The second-order valence-electron chi connectivity index (χ2n) is 18.1. The summed E-state index contributed by atoms with van der Waals surface area (Å²) in [6.45, 7) is 4.61. The van der Waals surface area contributed by atoms with Gasteiger partial charge in [0.15, 0.2) is 11.6 Å². The second-order valence-corrected chi connectivity index (χ2v) is 18.1. The molecule has 0 saturated heterocycles. The lowest BCUT2D eigenvalue weighted by atomic mass is 9.71. The van der Waals surface area contributed by atoms with Crippen molar-refractivity contribution in [2.45, 2.75) is 25.7 Å². The topological polar surface area (TPSA) is 51.6 Å². The van der Waals surface area contributed by atoms with Crippen molar-refractivity contribution in [3.05, 3.63) is 277 Å². The maximum absolute atomic E-state index is 5.22. The molecule has 69 heavy (non-hydrogen) atoms. The molecular formula is C65H50N4. The monoisotopic (exact) mass is 886 g/mol. The minimum Gasteiger partial charge on any atom is -0.228 e. The normalized spacial score (nSPS) is 14.3. The molecule has 1 aliphatic rings. The quantitative estimate of drug-likeness (QED) is 0.121. The molecule has 8 aromatic carbocycles. The van der Waals surface area contributed by atoms with Gasteiger partial charge in [0, 0.05) is 33.2 Å². The molecule has 1 aliphatic carbocycles. The van der Waals surface area contributed by atoms with Crippen LogP contribution < -0.4 is 0 Å². The van der Waals surface area contributed by atoms with E-state index in [1.54, 1.807) is 0 Å². The van der Waals surface area contributed by atoms with Gasteiger partial charge in [-0.2, -0.15) is 0 Å². The van der Waals surface area contributed by atoms with Crippen molar-refractivity contribution in [3.8, 4) is 67.7 Å². The van der Waals surface area contributed by atoms with Crippen molar-refractivity contribution in [2.75, 3.05) is 0 Å². The zero-order chi connectivity index (χ0) is 46.6. The van der Waals surface area contributed by atoms with Crippen LogP contribution in [-0.2, 0) is 5.41 Å². The third kappa shape index (κ3) is 9.01. The van der Waals surface area contributed by atoms with Crippen LogP contribution in [0.1, 0.15) is 48.2 Å². The van der Waals surface area contributed by atoms with Gasteiger partial charge in [-0.05, 0) is 88.1 Å². The molecule has 330 valence electrons. The fourth-order valence-electron chi connectivity index (χ4n) is 9.64. The van der Waals surface area contributed by atoms with E-state index >= 15 is 0 Å². The van der Waals surface area contributed by atoms with Gasteiger partial charge in [0.2, 0.25) is 0 Å². The smallest absolute Gasteiger partial charge is 0.160 e. The summed E-state index contributed by atoms with van der Waals surface area (Å²) >= 11 is 0. The van der Waals surface area contributed by atoms with E-state index in [0.717, 1.165) is 68.4 Å². The van der Waals surface area contributed by atoms with Gasteiger partial charge in [-0.1, -0.05) is 231 Å². The first-order valence-corrected chi connectivity index (χ1v) is 23.7. The largest absolute Gasteiger partial charge is 0.228 e. The molecular weight excluding hydrogens is 837 g/mol. The maximum atomic E-state index is 5.22. The van der Waals surface area contributed by atoms with Crippen LogP contribution in [0.15, 0.2) is 249 Å². The van der Waals surface area contributed by atoms with Crippen LogP contribution in [-0.4, -0.2) is 19.9 Å². The first kappa shape index (κ1) is 43.0. The highest BCUT2D eigenvalue weighted by Gasteiger charge is 2.31. The van der Waals surface area contributed by atoms with Crippen molar-refractivity contribution in [3.63, 3.8) is 0 Å². The molecule has 2 unspecified atom stereocenters. The SMILES string of the molecule is CC1C=C(c2ccccc2)C=C(c2cc(-c3ccc(C(C)(c4ccccc4)c4ccc(-c5cc(-c6cccc(-c7ccccc7)c6)nc(-c6ccccc6)n5)cc4)cc3)nc(-c3ccccc3)n2)C1. The number of aromatic nitrogens is 4. The summed E-state index contributed by atoms with van der Waals surface area (Å²) < 4.78 is 0. The summed E-state index contributed by atoms with van der Waals surface area (Å²) in [5.41, 5.74) is 17.7. The standard InChI is InChI=1S/C65H50N4/c1-45-39-54(47-21-10-4-11-22-47)42-55(40-45)62-44-60(67-64(69-62)51-25-14-6-15-26-51)49-33-37-58(38-34-49)65(2,56-29-16-7-17-30-56)57-35-31-48(32-36-57)59-43-61(68-63(66-59)50-23-12-5-13-24-50)53-28-18-27-52(41-53)46-19-8-3-9-20-46/h3-39,41-45H,40H2,1-2H3. The van der Waals surface area contributed by atoms with E-state index in [2.05, 4.69) is 220 Å². The molecule has 0 amide bonds. The molecule has 0 spiro atoms. The van der Waals surface area contributed by atoms with Crippen LogP contribution in [0.3, 0.4) is 0 Å². The fourth-order valence-corrected chi connectivity index (χ4v) is 9.64. The lowest BCUT2D eigenvalue weighted by Crippen LogP contribution is -2.25. The summed E-state index contributed by atoms with van der Waals surface area (Å²) in [6.07, 6.45) is 5.59. The molecule has 4 heteroatoms. The van der Waals surface area contributed by atoms with Gasteiger partial charge < -0.3 is 0 Å². The predicted molar refractivity (Wildman–Crippen MR) is 285 cm³/mol. The molecule has 0 aliphatic heterocycles. The Morgan fingerprint density at radius 3 is 1.26 bits per heavy atom. The molecule has 0 N–H and O–H groups in total. The summed E-state index contributed by atoms with van der Waals surface area (Å²) in [7, 11) is 0. The highest BCUT2D eigenvalue weighted by Crippen LogP contribution is 2.41. The predicted octanol–water partition coefficient (Wildman–Crippen LogP) is 16.1. The van der Waals surface area contributed by atoms with Gasteiger partial charge in [0.25, 0.3) is 0 Å². The minimum atomic E-state index is -0.475. The summed E-state index contributed by atoms with van der Waals surface area (Å²) in [5, 5.41) is 0. The van der Waals surface area contributed by atoms with Gasteiger partial charge in [0.1, 0.15) is 0 Å². The van der Waals surface area contributed by atoms with Crippen molar-refractivity contribution in [1.29, 1.82) is 0 Å². The average molecular weight is 887 g/mol. The second kappa shape index (κ2) is 18.9. The molecule has 11 rings (SSSR count). The van der Waals surface area contributed by atoms with Gasteiger partial charge in [0.05, 0.1) is 22.8 Å². The Labute approximate surface area is 405 Å². The Bertz CT molecular complexity index is 3440. The number of allylic oxidation sites excluding steroid dienone is 4. The molecule has 0 bridgehead atoms. The first-order valence-electron chi connectivity index (χ1n) is 23.7. The van der Waals surface area contributed by atoms with Crippen LogP contribution in [0.2, 0.25) is 0 Å². The molecule has 10 aromatic rings. The fraction of sp³-hybridized carbons (Fsp3) is 0.0769. The zero-order valence-electron chi connectivity index (χ0n) is 38.7. The van der Waals surface area contributed by atoms with Gasteiger partial charge in [-0.15, -0.1) is 0 Å². The Morgan fingerprint density at radius 1 is 0.348 bits per heavy atom. The van der Waals surface area contributed by atoms with Gasteiger partial charge in [-0.3, -0.25) is 0 Å². The van der Waals surface area contributed by atoms with Crippen molar-refractivity contribution < 1.29 is 0 Å². The Kier molecular flexibility index (Phi) is 11.8. The van der Waals surface area contributed by atoms with E-state index in [1.807, 2.05) is 42.5 Å². The van der Waals surface area contributed by atoms with Gasteiger partial charge >= 0.3 is 0 Å². The number of benzene rings is 8. The molecule has 0 fully saturated rings. The van der Waals surface area contributed by atoms with E-state index < -0.39 is 5.41 Å². The van der Waals surface area contributed by atoms with E-state index in [9.17, 15) is 0 Å². The molecule has 0 saturated carbocycles. The Morgan fingerprint density at radius 2 is 0.739 bits per heavy atom. The van der Waals surface area contributed by atoms with Gasteiger partial charge in [-0.25, -0.2) is 19.9 Å². The lowest BCUT2D eigenvalue weighted by molar-refractivity contribution is 0.693. The number of nitrogens with zero attached hydrogens (tertiary/aromatic N) is 4. The number of rotatable bonds is 11. The van der Waals surface area contributed by atoms with Crippen LogP contribution in [0.5, 0.6) is 0 Å². The molecule has 2 atom stereocenters. The third-order valence-electron chi connectivity index (χ3n) is 13.4. The molecule has 0 radical (unpaired) electrons. The highest BCUT2D eigenvalue weighted by molar-refractivity contribution is 5.86. The van der Waals surface area contributed by atoms with Crippen molar-refractivity contribution in [2.24, 2.45) is 5.92 Å². The average Bonchev–Trinajstić information content (AvgIpc) is 3.43. The lowest BCUT2D eigenvalue weighted by Gasteiger charge is -2.32. The van der Waals surface area contributed by atoms with Crippen molar-refractivity contribution in [1.82, 2.24) is 19.9 Å². The molecule has 2 aromatic heterocycles. The molecule has 2 heterocycles. The summed E-state index contributed by atoms with van der Waals surface area (Å²) in [4.78, 5) is 20.8. The van der Waals surface area contributed by atoms with Crippen LogP contribution in [0.4, 0.5) is 0 Å². The Balaban J connectivity index is 0.962. The van der Waals surface area contributed by atoms with Crippen LogP contribution in [0, 0.1) is 5.92 Å². The van der Waals surface area contributed by atoms with E-state index in [4.69, 9.17) is 19.9 Å². The number of hydrogen-bond donors (Lipinski definition) is 0. The van der Waals surface area contributed by atoms with E-state index in [1.165, 1.54) is 39.0 Å². The minimum absolute atomic E-state index is 0.371. The van der Waals surface area contributed by atoms with Crippen LogP contribution >= 0.6 is 0 Å². The maximum Gasteiger partial charge on any atom is 0.160 e. The summed E-state index contributed by atoms with van der Waals surface area (Å²) in [5.74, 6) is 1.78. The Hall–Kier alpha value is -8.60. The van der Waals surface area contributed by atoms with E-state index in [0.29, 0.717) is 11.7 Å². The van der Waals surface area contributed by atoms with Crippen molar-refractivity contribution >= 4 is 11.1 Å². The number of hydrogen-bond acceptors (Lipinski definition) is 4. The highest BCUT2D eigenvalue weighted by atomic mass is 14.9. The molecule has 4 nitrogen and oxygen atoms in total. The van der Waals surface area contributed by atoms with Crippen LogP contribution in [0.25, 0.3) is 78.8 Å².